The molecular weight excluding hydrogens is 434 g/mol. The van der Waals surface area contributed by atoms with Crippen LogP contribution in [0.4, 0.5) is 0 Å². The van der Waals surface area contributed by atoms with Gasteiger partial charge in [0.25, 0.3) is 5.91 Å². The van der Waals surface area contributed by atoms with Crippen molar-refractivity contribution in [3.63, 3.8) is 0 Å². The van der Waals surface area contributed by atoms with Crippen LogP contribution in [0.25, 0.3) is 0 Å². The summed E-state index contributed by atoms with van der Waals surface area (Å²) in [4.78, 5) is 43.2. The molecule has 0 N–H and O–H groups in total. The van der Waals surface area contributed by atoms with E-state index >= 15 is 0 Å². The van der Waals surface area contributed by atoms with Gasteiger partial charge in [0.05, 0.1) is 26.9 Å². The summed E-state index contributed by atoms with van der Waals surface area (Å²) in [5.41, 5.74) is 3.78. The van der Waals surface area contributed by atoms with E-state index < -0.39 is 5.97 Å². The Morgan fingerprint density at radius 1 is 1.06 bits per heavy atom. The molecule has 1 aliphatic heterocycles. The Bertz CT molecular complexity index is 1040. The number of Topliss-reactive ketones (excluding diaryl/α,β-unsaturated/α-hetero) is 1. The molecule has 0 saturated carbocycles. The molecule has 0 radical (unpaired) electrons. The van der Waals surface area contributed by atoms with Gasteiger partial charge in [0.15, 0.2) is 5.78 Å². The van der Waals surface area contributed by atoms with Crippen molar-refractivity contribution in [1.29, 1.82) is 0 Å². The second-order valence-electron chi connectivity index (χ2n) is 8.64. The highest BCUT2D eigenvalue weighted by molar-refractivity contribution is 6.06. The fraction of sp³-hybridized carbons (Fsp3) is 0.500. The zero-order chi connectivity index (χ0) is 24.8. The predicted molar refractivity (Wildman–Crippen MR) is 130 cm³/mol. The number of aryl methyl sites for hydroxylation is 1. The molecule has 3 rings (SSSR count). The number of nitrogens with zero attached hydrogens (tertiary/aromatic N) is 3. The molecule has 0 bridgehead atoms. The minimum atomic E-state index is -0.471. The van der Waals surface area contributed by atoms with Gasteiger partial charge in [-0.25, -0.2) is 4.79 Å². The molecule has 1 aliphatic rings. The van der Waals surface area contributed by atoms with Crippen LogP contribution in [0.1, 0.15) is 54.9 Å². The fourth-order valence-electron chi connectivity index (χ4n) is 4.53. The fourth-order valence-corrected chi connectivity index (χ4v) is 4.53. The van der Waals surface area contributed by atoms with Crippen molar-refractivity contribution in [3.05, 3.63) is 57.9 Å². The molecule has 2 heterocycles. The minimum absolute atomic E-state index is 0.0624. The lowest BCUT2D eigenvalue weighted by molar-refractivity contribution is 0.0323. The first-order valence-corrected chi connectivity index (χ1v) is 11.8. The summed E-state index contributed by atoms with van der Waals surface area (Å²) in [5.74, 6) is -0.837. The smallest absolute Gasteiger partial charge is 0.354 e. The summed E-state index contributed by atoms with van der Waals surface area (Å²) >= 11 is 0. The van der Waals surface area contributed by atoms with E-state index in [4.69, 9.17) is 9.47 Å². The predicted octanol–water partition coefficient (Wildman–Crippen LogP) is 2.88. The Morgan fingerprint density at radius 2 is 1.71 bits per heavy atom. The van der Waals surface area contributed by atoms with E-state index in [1.165, 1.54) is 7.11 Å². The summed E-state index contributed by atoms with van der Waals surface area (Å²) in [6.45, 7) is 12.0. The monoisotopic (exact) mass is 469 g/mol. The number of benzene rings is 1. The Morgan fingerprint density at radius 3 is 2.29 bits per heavy atom. The second-order valence-corrected chi connectivity index (χ2v) is 8.64. The summed E-state index contributed by atoms with van der Waals surface area (Å²) in [6.07, 6.45) is 0. The maximum absolute atomic E-state index is 13.5. The van der Waals surface area contributed by atoms with Gasteiger partial charge < -0.3 is 18.9 Å². The molecule has 0 aliphatic carbocycles. The average Bonchev–Trinajstić information content (AvgIpc) is 3.10. The van der Waals surface area contributed by atoms with Crippen molar-refractivity contribution >= 4 is 17.7 Å². The van der Waals surface area contributed by atoms with Crippen LogP contribution in [-0.4, -0.2) is 85.1 Å². The zero-order valence-electron chi connectivity index (χ0n) is 20.8. The number of hydrogen-bond donors (Lipinski definition) is 0. The normalized spacial score (nSPS) is 14.1. The third-order valence-corrected chi connectivity index (χ3v) is 6.45. The van der Waals surface area contributed by atoms with E-state index in [0.29, 0.717) is 60.9 Å². The Hall–Kier alpha value is -2.97. The van der Waals surface area contributed by atoms with Crippen molar-refractivity contribution < 1.29 is 23.9 Å². The van der Waals surface area contributed by atoms with E-state index in [1.54, 1.807) is 28.5 Å². The third kappa shape index (κ3) is 5.56. The van der Waals surface area contributed by atoms with Crippen molar-refractivity contribution in [2.24, 2.45) is 0 Å². The number of hydrogen-bond acceptors (Lipinski definition) is 6. The lowest BCUT2D eigenvalue weighted by atomic mass is 10.0. The van der Waals surface area contributed by atoms with E-state index in [2.05, 4.69) is 4.90 Å². The van der Waals surface area contributed by atoms with E-state index in [1.807, 2.05) is 32.9 Å². The number of methoxy groups -OCH3 is 1. The van der Waals surface area contributed by atoms with Crippen molar-refractivity contribution in [1.82, 2.24) is 14.4 Å². The number of ketones is 1. The van der Waals surface area contributed by atoms with Crippen LogP contribution >= 0.6 is 0 Å². The van der Waals surface area contributed by atoms with Gasteiger partial charge in [-0.1, -0.05) is 17.7 Å². The minimum Gasteiger partial charge on any atom is -0.464 e. The molecule has 8 heteroatoms. The van der Waals surface area contributed by atoms with Gasteiger partial charge in [-0.3, -0.25) is 14.5 Å². The van der Waals surface area contributed by atoms with Crippen LogP contribution in [0, 0.1) is 20.8 Å². The number of ether oxygens (including phenoxy) is 2. The molecule has 2 aromatic rings. The molecule has 0 unspecified atom stereocenters. The second kappa shape index (κ2) is 11.4. The van der Waals surface area contributed by atoms with Gasteiger partial charge >= 0.3 is 5.97 Å². The van der Waals surface area contributed by atoms with Gasteiger partial charge in [-0.15, -0.1) is 0 Å². The molecule has 0 spiro atoms. The quantitative estimate of drug-likeness (QED) is 0.415. The molecule has 1 aromatic carbocycles. The standard InChI is InChI=1S/C26H35N3O5/c1-6-29-20(4)23(19(3)24(29)26(32)33-5)22(30)17-28(12-11-27-13-15-34-16-14-27)25(31)21-9-7-18(2)8-10-21/h7-10H,6,11-17H2,1-5H3. The summed E-state index contributed by atoms with van der Waals surface area (Å²) in [7, 11) is 1.33. The first-order chi connectivity index (χ1) is 16.3. The Balaban J connectivity index is 1.88. The molecule has 1 aromatic heterocycles. The maximum atomic E-state index is 13.5. The van der Waals surface area contributed by atoms with Crippen LogP contribution < -0.4 is 0 Å². The average molecular weight is 470 g/mol. The van der Waals surface area contributed by atoms with Gasteiger partial charge in [0.1, 0.15) is 5.69 Å². The van der Waals surface area contributed by atoms with Crippen LogP contribution in [0.15, 0.2) is 24.3 Å². The van der Waals surface area contributed by atoms with Crippen molar-refractivity contribution in [2.45, 2.75) is 34.2 Å². The number of amides is 1. The maximum Gasteiger partial charge on any atom is 0.354 e. The van der Waals surface area contributed by atoms with Gasteiger partial charge in [0, 0.05) is 49.5 Å². The summed E-state index contributed by atoms with van der Waals surface area (Å²) < 4.78 is 12.2. The highest BCUT2D eigenvalue weighted by atomic mass is 16.5. The molecular formula is C26H35N3O5. The first-order valence-electron chi connectivity index (χ1n) is 11.8. The SMILES string of the molecule is CCn1c(C)c(C(=O)CN(CCN2CCOCC2)C(=O)c2ccc(C)cc2)c(C)c1C(=O)OC. The highest BCUT2D eigenvalue weighted by Crippen LogP contribution is 2.24. The van der Waals surface area contributed by atoms with Crippen LogP contribution in [0.3, 0.4) is 0 Å². The molecule has 8 nitrogen and oxygen atoms in total. The molecule has 1 saturated heterocycles. The van der Waals surface area contributed by atoms with Crippen molar-refractivity contribution in [2.75, 3.05) is 53.0 Å². The van der Waals surface area contributed by atoms with Gasteiger partial charge in [-0.2, -0.15) is 0 Å². The highest BCUT2D eigenvalue weighted by Gasteiger charge is 2.28. The summed E-state index contributed by atoms with van der Waals surface area (Å²) in [6, 6.07) is 7.38. The Labute approximate surface area is 201 Å². The number of rotatable bonds is 9. The van der Waals surface area contributed by atoms with Crippen LogP contribution in [-0.2, 0) is 16.0 Å². The van der Waals surface area contributed by atoms with E-state index in [0.717, 1.165) is 18.7 Å². The van der Waals surface area contributed by atoms with Gasteiger partial charge in [0.2, 0.25) is 0 Å². The molecule has 184 valence electrons. The van der Waals surface area contributed by atoms with E-state index in [9.17, 15) is 14.4 Å². The van der Waals surface area contributed by atoms with E-state index in [-0.39, 0.29) is 18.2 Å². The number of morpholine rings is 1. The molecule has 0 atom stereocenters. The number of carbonyl (C=O) groups is 3. The number of aromatic nitrogens is 1. The molecule has 34 heavy (non-hydrogen) atoms. The van der Waals surface area contributed by atoms with Crippen LogP contribution in [0.2, 0.25) is 0 Å². The molecule has 1 amide bonds. The number of esters is 1. The lowest BCUT2D eigenvalue weighted by Crippen LogP contribution is -2.44. The molecule has 1 fully saturated rings. The van der Waals surface area contributed by atoms with Crippen molar-refractivity contribution in [3.8, 4) is 0 Å². The topological polar surface area (TPSA) is 81.1 Å². The zero-order valence-corrected chi connectivity index (χ0v) is 20.8. The first kappa shape index (κ1) is 25.6. The number of carbonyl (C=O) groups excluding carboxylic acids is 3. The third-order valence-electron chi connectivity index (χ3n) is 6.45. The van der Waals surface area contributed by atoms with Gasteiger partial charge in [-0.05, 0) is 45.4 Å². The summed E-state index contributed by atoms with van der Waals surface area (Å²) in [5, 5.41) is 0. The lowest BCUT2D eigenvalue weighted by Gasteiger charge is -2.30. The largest absolute Gasteiger partial charge is 0.464 e. The Kier molecular flexibility index (Phi) is 8.63. The van der Waals surface area contributed by atoms with Crippen LogP contribution in [0.5, 0.6) is 0 Å².